The molecule has 2 saturated carbocycles. The number of ether oxygens (including phenoxy) is 2. The fourth-order valence-electron chi connectivity index (χ4n) is 3.84. The Bertz CT molecular complexity index is 1330. The Morgan fingerprint density at radius 3 is 2.56 bits per heavy atom. The van der Waals surface area contributed by atoms with E-state index in [1.54, 1.807) is 31.3 Å². The molecule has 13 nitrogen and oxygen atoms in total. The lowest BCUT2D eigenvalue weighted by Crippen LogP contribution is -2.39. The van der Waals surface area contributed by atoms with Gasteiger partial charge in [0.05, 0.1) is 11.3 Å². The van der Waals surface area contributed by atoms with E-state index in [1.807, 2.05) is 6.92 Å². The summed E-state index contributed by atoms with van der Waals surface area (Å²) in [5, 5.41) is 22.3. The molecule has 0 spiro atoms. The summed E-state index contributed by atoms with van der Waals surface area (Å²) < 4.78 is 9.46. The van der Waals surface area contributed by atoms with Gasteiger partial charge in [0.25, 0.3) is 11.8 Å². The van der Waals surface area contributed by atoms with Crippen molar-refractivity contribution in [1.82, 2.24) is 15.2 Å². The first kappa shape index (κ1) is 27.5. The zero-order chi connectivity index (χ0) is 28.1. The number of aryl methyl sites for hydroxylation is 1. The molecule has 3 amide bonds. The first-order chi connectivity index (χ1) is 18.7. The number of benzene rings is 1. The highest BCUT2D eigenvalue weighted by Crippen LogP contribution is 2.30. The fourth-order valence-corrected chi connectivity index (χ4v) is 3.84. The maximum Gasteiger partial charge on any atom is 0.419 e. The van der Waals surface area contributed by atoms with Crippen LogP contribution in [0.2, 0.25) is 0 Å². The van der Waals surface area contributed by atoms with Crippen LogP contribution >= 0.6 is 0 Å². The predicted molar refractivity (Wildman–Crippen MR) is 140 cm³/mol. The van der Waals surface area contributed by atoms with Crippen LogP contribution in [-0.4, -0.2) is 76.5 Å². The minimum Gasteiger partial charge on any atom is -0.426 e. The van der Waals surface area contributed by atoms with Crippen LogP contribution in [0.3, 0.4) is 0 Å². The van der Waals surface area contributed by atoms with Gasteiger partial charge in [0.1, 0.15) is 12.9 Å². The van der Waals surface area contributed by atoms with Gasteiger partial charge in [0.15, 0.2) is 5.84 Å². The number of aromatic nitrogens is 1. The molecular formula is C26H30N6O7. The van der Waals surface area contributed by atoms with E-state index in [1.165, 1.54) is 0 Å². The summed E-state index contributed by atoms with van der Waals surface area (Å²) in [6.45, 7) is 2.01. The quantitative estimate of drug-likeness (QED) is 0.132. The molecule has 2 aliphatic carbocycles. The summed E-state index contributed by atoms with van der Waals surface area (Å²) in [6.07, 6.45) is 4.66. The third-order valence-corrected chi connectivity index (χ3v) is 6.32. The number of carbonyl (C=O) groups is 4. The number of carbonyl (C=O) groups excluding carboxylic acids is 4. The first-order valence-corrected chi connectivity index (χ1v) is 12.4. The highest BCUT2D eigenvalue weighted by Gasteiger charge is 2.39. The summed E-state index contributed by atoms with van der Waals surface area (Å²) in [4.78, 5) is 57.7. The molecule has 2 fully saturated rings. The maximum atomic E-state index is 13.3. The Kier molecular flexibility index (Phi) is 8.39. The third-order valence-electron chi connectivity index (χ3n) is 6.32. The predicted octanol–water partition coefficient (Wildman–Crippen LogP) is 2.22. The van der Waals surface area contributed by atoms with Gasteiger partial charge in [-0.3, -0.25) is 15.0 Å². The molecule has 0 atom stereocenters. The number of amides is 3. The van der Waals surface area contributed by atoms with Crippen molar-refractivity contribution in [2.75, 3.05) is 18.7 Å². The molecule has 0 bridgehead atoms. The van der Waals surface area contributed by atoms with Gasteiger partial charge in [0, 0.05) is 29.5 Å². The van der Waals surface area contributed by atoms with Crippen molar-refractivity contribution in [3.05, 3.63) is 52.3 Å². The van der Waals surface area contributed by atoms with Crippen molar-refractivity contribution < 1.29 is 33.8 Å². The maximum absolute atomic E-state index is 13.3. The van der Waals surface area contributed by atoms with Crippen LogP contribution in [0.15, 0.2) is 29.4 Å². The highest BCUT2D eigenvalue weighted by molar-refractivity contribution is 6.13. The lowest BCUT2D eigenvalue weighted by atomic mass is 10.1. The monoisotopic (exact) mass is 538 g/mol. The summed E-state index contributed by atoms with van der Waals surface area (Å²) in [5.41, 5.74) is 3.09. The van der Waals surface area contributed by atoms with Crippen molar-refractivity contribution in [3.63, 3.8) is 0 Å². The van der Waals surface area contributed by atoms with Crippen LogP contribution in [0, 0.1) is 19.3 Å². The van der Waals surface area contributed by atoms with Crippen LogP contribution in [0.5, 0.6) is 0 Å². The molecule has 2 aliphatic rings. The number of esters is 1. The SMILES string of the molecule is Cc1ccc(C(=O)N(C(=O)OCOC(=O)CO)C2CC2)cc1N/C(=N/C=N)c1[nH]cc(C(=O)NC2CC2)c1C. The highest BCUT2D eigenvalue weighted by atomic mass is 16.7. The number of aromatic amines is 1. The average molecular weight is 539 g/mol. The van der Waals surface area contributed by atoms with Crippen LogP contribution in [0.1, 0.15) is 63.2 Å². The molecule has 0 aliphatic heterocycles. The lowest BCUT2D eigenvalue weighted by Gasteiger charge is -2.21. The molecule has 13 heteroatoms. The standard InChI is InChI=1S/C26H30N6O7/c1-14-3-4-16(25(36)32(18-7-8-18)26(37)39-13-38-21(34)11-33)9-20(14)31-23(29-12-27)22-15(2)19(10-28-22)24(35)30-17-5-6-17/h3-4,9-10,12,17-18,28,33H,5-8,11,13H2,1-2H3,(H,30,35)(H2,27,29,31). The summed E-state index contributed by atoms with van der Waals surface area (Å²) in [7, 11) is 0. The van der Waals surface area contributed by atoms with Crippen molar-refractivity contribution in [3.8, 4) is 0 Å². The number of hydrogen-bond donors (Lipinski definition) is 5. The van der Waals surface area contributed by atoms with Gasteiger partial charge in [-0.15, -0.1) is 0 Å². The Balaban J connectivity index is 1.53. The average Bonchev–Trinajstić information content (AvgIpc) is 3.85. The third kappa shape index (κ3) is 6.68. The first-order valence-electron chi connectivity index (χ1n) is 12.4. The van der Waals surface area contributed by atoms with Gasteiger partial charge in [-0.2, -0.15) is 0 Å². The van der Waals surface area contributed by atoms with E-state index in [4.69, 9.17) is 15.3 Å². The molecule has 1 aromatic heterocycles. The van der Waals surface area contributed by atoms with E-state index in [2.05, 4.69) is 25.3 Å². The Morgan fingerprint density at radius 2 is 1.92 bits per heavy atom. The van der Waals surface area contributed by atoms with E-state index < -0.39 is 31.4 Å². The Morgan fingerprint density at radius 1 is 1.18 bits per heavy atom. The minimum absolute atomic E-state index is 0.186. The molecular weight excluding hydrogens is 508 g/mol. The normalized spacial score (nSPS) is 14.8. The molecule has 0 unspecified atom stereocenters. The van der Waals surface area contributed by atoms with Crippen molar-refractivity contribution in [2.24, 2.45) is 4.99 Å². The molecule has 0 radical (unpaired) electrons. The molecule has 2 aromatic rings. The number of nitrogens with zero attached hydrogens (tertiary/aromatic N) is 2. The minimum atomic E-state index is -0.964. The zero-order valence-electron chi connectivity index (χ0n) is 21.6. The largest absolute Gasteiger partial charge is 0.426 e. The van der Waals surface area contributed by atoms with E-state index in [0.29, 0.717) is 35.3 Å². The number of H-pyrrole nitrogens is 1. The molecule has 1 heterocycles. The number of hydrogen-bond acceptors (Lipinski definition) is 8. The van der Waals surface area contributed by atoms with Crippen molar-refractivity contribution in [1.29, 1.82) is 5.41 Å². The van der Waals surface area contributed by atoms with Gasteiger partial charge in [-0.1, -0.05) is 6.07 Å². The molecule has 5 N–H and O–H groups in total. The lowest BCUT2D eigenvalue weighted by molar-refractivity contribution is -0.155. The van der Waals surface area contributed by atoms with Crippen LogP contribution in [0.4, 0.5) is 10.5 Å². The molecule has 0 saturated heterocycles. The number of amidine groups is 1. The number of aliphatic imine (C=N–C) groups is 1. The number of aliphatic hydroxyl groups is 1. The number of rotatable bonds is 10. The number of imide groups is 1. The summed E-state index contributed by atoms with van der Waals surface area (Å²) in [6, 6.07) is 4.70. The van der Waals surface area contributed by atoms with Gasteiger partial charge in [-0.25, -0.2) is 19.5 Å². The number of anilines is 1. The van der Waals surface area contributed by atoms with Crippen molar-refractivity contribution >= 4 is 41.7 Å². The van der Waals surface area contributed by atoms with Gasteiger partial charge in [-0.05, 0) is 62.8 Å². The van der Waals surface area contributed by atoms with Crippen LogP contribution < -0.4 is 10.6 Å². The Labute approximate surface area is 224 Å². The van der Waals surface area contributed by atoms with E-state index in [9.17, 15) is 19.2 Å². The van der Waals surface area contributed by atoms with E-state index >= 15 is 0 Å². The summed E-state index contributed by atoms with van der Waals surface area (Å²) >= 11 is 0. The van der Waals surface area contributed by atoms with E-state index in [0.717, 1.165) is 29.6 Å². The number of aliphatic hydroxyl groups excluding tert-OH is 1. The second kappa shape index (κ2) is 11.9. The molecule has 1 aromatic carbocycles. The van der Waals surface area contributed by atoms with Gasteiger partial charge in [0.2, 0.25) is 6.79 Å². The second-order valence-electron chi connectivity index (χ2n) is 9.32. The smallest absolute Gasteiger partial charge is 0.419 e. The van der Waals surface area contributed by atoms with Gasteiger partial charge < -0.3 is 30.2 Å². The van der Waals surface area contributed by atoms with Gasteiger partial charge >= 0.3 is 12.1 Å². The van der Waals surface area contributed by atoms with Crippen LogP contribution in [0.25, 0.3) is 0 Å². The summed E-state index contributed by atoms with van der Waals surface area (Å²) in [5.74, 6) is -1.48. The zero-order valence-corrected chi connectivity index (χ0v) is 21.6. The molecule has 4 rings (SSSR count). The topological polar surface area (TPSA) is 186 Å². The molecule has 206 valence electrons. The second-order valence-corrected chi connectivity index (χ2v) is 9.32. The fraction of sp³-hybridized carbons (Fsp3) is 0.385. The van der Waals surface area contributed by atoms with E-state index in [-0.39, 0.29) is 29.4 Å². The molecule has 39 heavy (non-hydrogen) atoms. The van der Waals surface area contributed by atoms with Crippen LogP contribution in [-0.2, 0) is 14.3 Å². The Hall–Kier alpha value is -4.52. The van der Waals surface area contributed by atoms with Crippen molar-refractivity contribution in [2.45, 2.75) is 51.6 Å². The number of nitrogens with one attached hydrogen (secondary N) is 4.